The molecule has 0 unspecified atom stereocenters. The third-order valence-electron chi connectivity index (χ3n) is 2.90. The highest BCUT2D eigenvalue weighted by molar-refractivity contribution is 7.17. The van der Waals surface area contributed by atoms with Crippen molar-refractivity contribution in [1.82, 2.24) is 4.98 Å². The number of benzene rings is 1. The number of hydrogen-bond donors (Lipinski definition) is 1. The third-order valence-corrected chi connectivity index (χ3v) is 4.63. The maximum atomic E-state index is 12.1. The quantitative estimate of drug-likeness (QED) is 0.801. The van der Waals surface area contributed by atoms with Gasteiger partial charge in [-0.05, 0) is 22.4 Å². The van der Waals surface area contributed by atoms with E-state index in [9.17, 15) is 4.79 Å². The Hall–Kier alpha value is -1.72. The van der Waals surface area contributed by atoms with Gasteiger partial charge >= 0.3 is 0 Å². The van der Waals surface area contributed by atoms with Crippen LogP contribution in [0.3, 0.4) is 0 Å². The second-order valence-corrected chi connectivity index (χ2v) is 6.13. The molecule has 2 N–H and O–H groups in total. The Morgan fingerprint density at radius 2 is 2.00 bits per heavy atom. The summed E-state index contributed by atoms with van der Waals surface area (Å²) in [4.78, 5) is 16.2. The molecule has 0 atom stereocenters. The Morgan fingerprint density at radius 1 is 1.16 bits per heavy atom. The second kappa shape index (κ2) is 5.11. The lowest BCUT2D eigenvalue weighted by Gasteiger charge is -1.98. The molecular weight excluding hydrogens is 276 g/mol. The number of fused-ring (bicyclic) bond motifs is 1. The van der Waals surface area contributed by atoms with Gasteiger partial charge in [-0.15, -0.1) is 22.7 Å². The first-order valence-electron chi connectivity index (χ1n) is 5.89. The summed E-state index contributed by atoms with van der Waals surface area (Å²) in [5.74, 6) is 0.175. The zero-order chi connectivity index (χ0) is 13.2. The molecule has 0 aliphatic rings. The molecule has 1 aromatic carbocycles. The maximum absolute atomic E-state index is 12.1. The predicted molar refractivity (Wildman–Crippen MR) is 80.8 cm³/mol. The van der Waals surface area contributed by atoms with E-state index in [1.165, 1.54) is 21.4 Å². The van der Waals surface area contributed by atoms with Crippen LogP contribution in [0.15, 0.2) is 35.0 Å². The first-order chi connectivity index (χ1) is 9.22. The van der Waals surface area contributed by atoms with Gasteiger partial charge in [0.2, 0.25) is 0 Å². The first-order valence-corrected chi connectivity index (χ1v) is 7.65. The van der Waals surface area contributed by atoms with Gasteiger partial charge in [0.25, 0.3) is 0 Å². The highest BCUT2D eigenvalue weighted by Gasteiger charge is 2.11. The van der Waals surface area contributed by atoms with Crippen LogP contribution in [0.2, 0.25) is 0 Å². The number of nitrogen functional groups attached to an aromatic ring is 1. The molecule has 3 rings (SSSR count). The number of nitrogens with zero attached hydrogens (tertiary/aromatic N) is 1. The molecule has 96 valence electrons. The maximum Gasteiger partial charge on any atom is 0.180 e. The van der Waals surface area contributed by atoms with Crippen molar-refractivity contribution in [2.45, 2.75) is 12.8 Å². The number of anilines is 1. The van der Waals surface area contributed by atoms with Crippen molar-refractivity contribution in [3.05, 3.63) is 46.3 Å². The smallest absolute Gasteiger partial charge is 0.180 e. The largest absolute Gasteiger partial charge is 0.375 e. The molecule has 3 aromatic rings. The second-order valence-electron chi connectivity index (χ2n) is 4.33. The fourth-order valence-electron chi connectivity index (χ4n) is 2.05. The zero-order valence-corrected chi connectivity index (χ0v) is 11.8. The summed E-state index contributed by atoms with van der Waals surface area (Å²) >= 11 is 3.05. The molecule has 5 heteroatoms. The SMILES string of the molecule is Nc1nc(CC(=O)Cc2csc3ccccc23)cs1. The van der Waals surface area contributed by atoms with Crippen molar-refractivity contribution in [3.63, 3.8) is 0 Å². The lowest BCUT2D eigenvalue weighted by molar-refractivity contribution is -0.117. The molecule has 0 radical (unpaired) electrons. The minimum Gasteiger partial charge on any atom is -0.375 e. The summed E-state index contributed by atoms with van der Waals surface area (Å²) in [6.07, 6.45) is 0.819. The fraction of sp³-hybridized carbons (Fsp3) is 0.143. The lowest BCUT2D eigenvalue weighted by atomic mass is 10.1. The van der Waals surface area contributed by atoms with Crippen molar-refractivity contribution >= 4 is 43.7 Å². The Kier molecular flexibility index (Phi) is 3.31. The number of hydrogen-bond acceptors (Lipinski definition) is 5. The summed E-state index contributed by atoms with van der Waals surface area (Å²) in [6, 6.07) is 8.16. The minimum absolute atomic E-state index is 0.175. The first kappa shape index (κ1) is 12.3. The zero-order valence-electron chi connectivity index (χ0n) is 10.1. The van der Waals surface area contributed by atoms with Gasteiger partial charge in [0, 0.05) is 22.9 Å². The number of Topliss-reactive ketones (excluding diaryl/α,β-unsaturated/α-hetero) is 1. The van der Waals surface area contributed by atoms with E-state index in [-0.39, 0.29) is 5.78 Å². The molecule has 0 aliphatic heterocycles. The molecule has 0 fully saturated rings. The van der Waals surface area contributed by atoms with Crippen molar-refractivity contribution in [2.75, 3.05) is 5.73 Å². The average Bonchev–Trinajstić information content (AvgIpc) is 2.97. The van der Waals surface area contributed by atoms with Gasteiger partial charge in [-0.2, -0.15) is 0 Å². The average molecular weight is 288 g/mol. The van der Waals surface area contributed by atoms with Gasteiger partial charge in [0.1, 0.15) is 5.78 Å². The highest BCUT2D eigenvalue weighted by atomic mass is 32.1. The number of thiazole rings is 1. The number of carbonyl (C=O) groups excluding carboxylic acids is 1. The summed E-state index contributed by atoms with van der Waals surface area (Å²) in [7, 11) is 0. The molecule has 0 bridgehead atoms. The summed E-state index contributed by atoms with van der Waals surface area (Å²) < 4.78 is 1.23. The summed E-state index contributed by atoms with van der Waals surface area (Å²) in [6.45, 7) is 0. The summed E-state index contributed by atoms with van der Waals surface area (Å²) in [5.41, 5.74) is 7.44. The molecule has 19 heavy (non-hydrogen) atoms. The Bertz CT molecular complexity index is 730. The van der Waals surface area contributed by atoms with E-state index >= 15 is 0 Å². The molecule has 3 nitrogen and oxygen atoms in total. The van der Waals surface area contributed by atoms with Crippen LogP contribution < -0.4 is 5.73 Å². The Balaban J connectivity index is 1.76. The fourth-order valence-corrected chi connectivity index (χ4v) is 3.58. The van der Waals surface area contributed by atoms with Gasteiger partial charge in [0.15, 0.2) is 5.13 Å². The van der Waals surface area contributed by atoms with Crippen molar-refractivity contribution < 1.29 is 4.79 Å². The standard InChI is InChI=1S/C14H12N2OS2/c15-14-16-10(8-19-14)6-11(17)5-9-7-18-13-4-2-1-3-12(9)13/h1-4,7-8H,5-6H2,(H2,15,16). The van der Waals surface area contributed by atoms with E-state index in [0.717, 1.165) is 11.3 Å². The van der Waals surface area contributed by atoms with E-state index in [1.54, 1.807) is 11.3 Å². The van der Waals surface area contributed by atoms with Gasteiger partial charge in [-0.25, -0.2) is 4.98 Å². The summed E-state index contributed by atoms with van der Waals surface area (Å²) in [5, 5.41) is 5.61. The van der Waals surface area contributed by atoms with E-state index in [4.69, 9.17) is 5.73 Å². The molecule has 0 saturated carbocycles. The van der Waals surface area contributed by atoms with E-state index in [1.807, 2.05) is 17.5 Å². The molecule has 0 amide bonds. The van der Waals surface area contributed by atoms with Gasteiger partial charge in [0.05, 0.1) is 5.69 Å². The van der Waals surface area contributed by atoms with Crippen molar-refractivity contribution in [1.29, 1.82) is 0 Å². The molecule has 0 spiro atoms. The molecule has 2 aromatic heterocycles. The number of thiophene rings is 1. The molecular formula is C14H12N2OS2. The number of carbonyl (C=O) groups is 1. The van der Waals surface area contributed by atoms with Crippen molar-refractivity contribution in [3.8, 4) is 0 Å². The normalized spacial score (nSPS) is 10.9. The van der Waals surface area contributed by atoms with Gasteiger partial charge in [-0.3, -0.25) is 4.79 Å². The van der Waals surface area contributed by atoms with Crippen LogP contribution in [0.4, 0.5) is 5.13 Å². The van der Waals surface area contributed by atoms with Crippen molar-refractivity contribution in [2.24, 2.45) is 0 Å². The van der Waals surface area contributed by atoms with Gasteiger partial charge in [-0.1, -0.05) is 18.2 Å². The molecule has 0 aliphatic carbocycles. The van der Waals surface area contributed by atoms with Crippen LogP contribution in [0, 0.1) is 0 Å². The topological polar surface area (TPSA) is 56.0 Å². The van der Waals surface area contributed by atoms with Crippen LogP contribution in [0.5, 0.6) is 0 Å². The van der Waals surface area contributed by atoms with Crippen LogP contribution in [-0.4, -0.2) is 10.8 Å². The number of rotatable bonds is 4. The molecule has 2 heterocycles. The lowest BCUT2D eigenvalue weighted by Crippen LogP contribution is -2.06. The van der Waals surface area contributed by atoms with Crippen LogP contribution in [0.25, 0.3) is 10.1 Å². The van der Waals surface area contributed by atoms with Crippen LogP contribution >= 0.6 is 22.7 Å². The Morgan fingerprint density at radius 3 is 2.79 bits per heavy atom. The monoisotopic (exact) mass is 288 g/mol. The minimum atomic E-state index is 0.175. The highest BCUT2D eigenvalue weighted by Crippen LogP contribution is 2.26. The Labute approximate surface area is 118 Å². The van der Waals surface area contributed by atoms with E-state index in [0.29, 0.717) is 18.0 Å². The van der Waals surface area contributed by atoms with E-state index < -0.39 is 0 Å². The predicted octanol–water partition coefficient (Wildman–Crippen LogP) is 3.29. The number of ketones is 1. The van der Waals surface area contributed by atoms with Crippen LogP contribution in [-0.2, 0) is 17.6 Å². The molecule has 0 saturated heterocycles. The van der Waals surface area contributed by atoms with Crippen LogP contribution in [0.1, 0.15) is 11.3 Å². The van der Waals surface area contributed by atoms with Gasteiger partial charge < -0.3 is 5.73 Å². The van der Waals surface area contributed by atoms with E-state index in [2.05, 4.69) is 22.5 Å². The third kappa shape index (κ3) is 2.67. The number of aromatic nitrogens is 1. The number of nitrogens with two attached hydrogens (primary N) is 1.